The molecule has 37 heteroatoms. The number of nitrogens with zero attached hydrogens (tertiary/aromatic N) is 3. The van der Waals surface area contributed by atoms with Crippen LogP contribution in [0.3, 0.4) is 0 Å². The molecule has 1 fully saturated rings. The van der Waals surface area contributed by atoms with Crippen LogP contribution in [0.4, 0.5) is 0 Å². The van der Waals surface area contributed by atoms with Crippen LogP contribution >= 0.6 is 32.9 Å². The molecular formula is C88H150N6O28S3. The van der Waals surface area contributed by atoms with Crippen LogP contribution in [0.25, 0.3) is 0 Å². The molecule has 3 rings (SSSR count). The number of amides is 4. The second kappa shape index (κ2) is 71.2. The number of carboxylic acids is 1. The van der Waals surface area contributed by atoms with Gasteiger partial charge in [-0.1, -0.05) is 154 Å². The summed E-state index contributed by atoms with van der Waals surface area (Å²) in [5.74, 6) is -5.46. The molecule has 1 saturated heterocycles. The summed E-state index contributed by atoms with van der Waals surface area (Å²) in [6.45, 7) is 18.1. The smallest absolute Gasteiger partial charge is 0.326 e. The Morgan fingerprint density at radius 1 is 0.624 bits per heavy atom. The van der Waals surface area contributed by atoms with E-state index in [2.05, 4.69) is 16.0 Å². The van der Waals surface area contributed by atoms with Crippen molar-refractivity contribution in [3.05, 3.63) is 45.9 Å². The van der Waals surface area contributed by atoms with Crippen molar-refractivity contribution in [2.45, 2.75) is 310 Å². The van der Waals surface area contributed by atoms with Crippen LogP contribution < -0.4 is 16.0 Å². The van der Waals surface area contributed by atoms with E-state index in [1.807, 2.05) is 67.3 Å². The minimum atomic E-state index is -1.03. The van der Waals surface area contributed by atoms with Gasteiger partial charge in [-0.25, -0.2) is 4.98 Å². The van der Waals surface area contributed by atoms with Gasteiger partial charge in [0.15, 0.2) is 37.5 Å². The molecule has 4 amide bonds. The maximum absolute atomic E-state index is 15.0. The van der Waals surface area contributed by atoms with E-state index in [1.54, 1.807) is 47.4 Å². The summed E-state index contributed by atoms with van der Waals surface area (Å²) in [5.41, 5.74) is 0.957. The zero-order valence-electron chi connectivity index (χ0n) is 76.5. The number of esters is 5. The zero-order valence-corrected chi connectivity index (χ0v) is 78.9. The molecule has 6 unspecified atom stereocenters. The Morgan fingerprint density at radius 2 is 1.18 bits per heavy atom. The van der Waals surface area contributed by atoms with Gasteiger partial charge >= 0.3 is 35.8 Å². The summed E-state index contributed by atoms with van der Waals surface area (Å²) >= 11 is 1.13. The molecule has 0 saturated carbocycles. The molecular weight excluding hydrogens is 1690 g/mol. The molecule has 2 aromatic rings. The number of rotatable bonds is 68. The molecule has 13 atom stereocenters. The van der Waals surface area contributed by atoms with Gasteiger partial charge in [0.1, 0.15) is 48.2 Å². The number of ether oxygens (including phenoxy) is 11. The van der Waals surface area contributed by atoms with Crippen molar-refractivity contribution in [1.82, 2.24) is 30.7 Å². The Balaban J connectivity index is 0.00000218. The first-order chi connectivity index (χ1) is 59.8. The number of carbonyl (C=O) groups is 11. The molecule has 1 aromatic heterocycles. The van der Waals surface area contributed by atoms with Crippen LogP contribution in [-0.2, 0) is 106 Å². The van der Waals surface area contributed by atoms with Crippen molar-refractivity contribution < 1.29 is 135 Å². The maximum Gasteiger partial charge on any atom is 0.326 e. The van der Waals surface area contributed by atoms with E-state index in [9.17, 15) is 63.0 Å². The van der Waals surface area contributed by atoms with Crippen LogP contribution in [0.5, 0.6) is 5.75 Å². The first kappa shape index (κ1) is 116. The van der Waals surface area contributed by atoms with Gasteiger partial charge in [-0.3, -0.25) is 57.6 Å². The molecule has 0 bridgehead atoms. The van der Waals surface area contributed by atoms with Gasteiger partial charge in [0.05, 0.1) is 50.8 Å². The summed E-state index contributed by atoms with van der Waals surface area (Å²) in [4.78, 5) is 149. The molecule has 34 nitrogen and oxygen atoms in total. The molecule has 9 N–H and O–H groups in total. The number of aromatic nitrogens is 1. The second-order valence-corrected chi connectivity index (χ2v) is 34.7. The molecule has 0 spiro atoms. The molecule has 718 valence electrons. The number of aliphatic hydroxyl groups is 4. The van der Waals surface area contributed by atoms with Gasteiger partial charge in [0.2, 0.25) is 23.6 Å². The Bertz CT molecular complexity index is 3280. The van der Waals surface area contributed by atoms with Crippen molar-refractivity contribution in [2.24, 2.45) is 23.7 Å². The van der Waals surface area contributed by atoms with Gasteiger partial charge in [0.25, 0.3) is 0 Å². The number of phenols is 1. The number of aliphatic hydroxyl groups excluding tert-OH is 4. The van der Waals surface area contributed by atoms with Gasteiger partial charge in [-0.15, -0.1) is 11.3 Å². The number of phenolic OH excluding ortho intramolecular Hbond substituents is 1. The van der Waals surface area contributed by atoms with Crippen molar-refractivity contribution in [2.75, 3.05) is 106 Å². The van der Waals surface area contributed by atoms with Gasteiger partial charge in [-0.2, -0.15) is 0 Å². The number of carbonyl (C=O) groups excluding carboxylic acids is 10. The first-order valence-electron chi connectivity index (χ1n) is 44.2. The summed E-state index contributed by atoms with van der Waals surface area (Å²) in [5, 5.41) is 64.6. The predicted octanol–water partition coefficient (Wildman–Crippen LogP) is 10.9. The fourth-order valence-electron chi connectivity index (χ4n) is 13.0. The van der Waals surface area contributed by atoms with Gasteiger partial charge in [0, 0.05) is 103 Å². The SMILES string of the molecule is CCC(CO)OC(CO)OC.CCC(CO)OC(COC(=O)CCCC(=O)O)OC.CCCC(=O)OCN(C(=O)[C@@H](NC(=O)[C@H]1CCCCN1C)[C@H](C)CC)[C@H](C[C@@H](OC(C)=O)c1nc(C(=O)C[C@@H](Cc2ccc(O)cc2)C[C@H](C)C(=O)NCC(=O)OCSSCCCCCCCCCCCNC(=O)CCCC(=O)OCC(OC)OC(CC)CO)cs1)C(C)C. The minimum absolute atomic E-state index is 0.0162. The highest BCUT2D eigenvalue weighted by molar-refractivity contribution is 8.76. The summed E-state index contributed by atoms with van der Waals surface area (Å²) in [6.07, 6.45) is 12.9. The maximum atomic E-state index is 15.0. The third kappa shape index (κ3) is 53.1. The number of Topliss-reactive ketones (excluding diaryl/α,β-unsaturated/α-hetero) is 1. The van der Waals surface area contributed by atoms with Crippen molar-refractivity contribution in [3.8, 4) is 5.75 Å². The van der Waals surface area contributed by atoms with Crippen LogP contribution in [0.1, 0.15) is 270 Å². The number of likely N-dealkylation sites (tertiary alicyclic amines) is 1. The van der Waals surface area contributed by atoms with Crippen molar-refractivity contribution >= 4 is 98.2 Å². The minimum Gasteiger partial charge on any atom is -0.508 e. The average molecular weight is 1840 g/mol. The number of carboxylic acid groups (broad SMARTS) is 1. The summed E-state index contributed by atoms with van der Waals surface area (Å²) in [6, 6.07) is 4.56. The number of aromatic hydroxyl groups is 1. The number of piperidine rings is 1. The number of hydrogen-bond acceptors (Lipinski definition) is 32. The van der Waals surface area contributed by atoms with E-state index < -0.39 is 104 Å². The standard InChI is InChI=1S/C69H112N6O17S3.C12H22O7.C7H16O4/c1-11-26-61(81)89-45-75(69(86)65(48(6)12-2)73-67(85)56-27-21-23-35-74(56)9)57(47(4)5)40-59(91-50(8)77)68-72-55(44-93-68)58(79)39-52(38-51-30-32-53(78)33-31-51)37-49(7)66(84)71-41-63(83)90-46-95-94-36-24-20-18-16-14-15-17-19-22-34-70-60(80)28-25-29-62(82)88-43-64(87-10)92-54(13-3)42-76;1-3-9(7-13)19-12(17-2)8-18-11(16)6-4-5-10(14)15;1-3-6(4-8)11-7(5-9)10-2/h30-33,44,47-49,52,54,56-57,59,64-65,76,78H,11-29,34-43,45-46H2,1-10H3,(H,70,80)(H,71,84)(H,73,85);9,12-13H,3-8H2,1-2H3,(H,14,15);6-9H,3-5H2,1-2H3/t48-,49+,52-,54?,56-,57-,59-,64?,65+;;/m1../s1. The number of benzene rings is 1. The first-order valence-corrected chi connectivity index (χ1v) is 47.6. The summed E-state index contributed by atoms with van der Waals surface area (Å²) < 4.78 is 58.0. The molecule has 1 aromatic carbocycles. The topological polar surface area (TPSA) is 466 Å². The predicted molar refractivity (Wildman–Crippen MR) is 474 cm³/mol. The van der Waals surface area contributed by atoms with E-state index in [1.165, 1.54) is 43.9 Å². The molecule has 1 aliphatic heterocycles. The Morgan fingerprint density at radius 3 is 1.69 bits per heavy atom. The van der Waals surface area contributed by atoms with Crippen LogP contribution in [-0.4, -0.2) is 272 Å². The lowest BCUT2D eigenvalue weighted by Crippen LogP contribution is -2.59. The average Bonchev–Trinajstić information content (AvgIpc) is 1.77. The molecule has 0 aliphatic carbocycles. The van der Waals surface area contributed by atoms with Gasteiger partial charge < -0.3 is 104 Å². The largest absolute Gasteiger partial charge is 0.508 e. The molecule has 125 heavy (non-hydrogen) atoms. The zero-order chi connectivity index (χ0) is 93.4. The molecule has 1 aliphatic rings. The highest BCUT2D eigenvalue weighted by Crippen LogP contribution is 2.34. The lowest BCUT2D eigenvalue weighted by Gasteiger charge is -2.39. The van der Waals surface area contributed by atoms with E-state index in [-0.39, 0.29) is 175 Å². The third-order valence-electron chi connectivity index (χ3n) is 20.8. The Labute approximate surface area is 752 Å². The number of hydrogen-bond donors (Lipinski definition) is 9. The van der Waals surface area contributed by atoms with Crippen LogP contribution in [0.2, 0.25) is 0 Å². The number of ketones is 1. The van der Waals surface area contributed by atoms with E-state index in [0.29, 0.717) is 62.9 Å². The number of unbranched alkanes of at least 4 members (excludes halogenated alkanes) is 8. The molecule has 0 radical (unpaired) electrons. The fourth-order valence-corrected chi connectivity index (χ4v) is 15.6. The second-order valence-electron chi connectivity index (χ2n) is 31.3. The fraction of sp³-hybridized carbons (Fsp3) is 0.773. The van der Waals surface area contributed by atoms with Crippen molar-refractivity contribution in [3.63, 3.8) is 0 Å². The number of thiazole rings is 1. The highest BCUT2D eigenvalue weighted by Gasteiger charge is 2.40. The Kier molecular flexibility index (Phi) is 66.2. The Hall–Kier alpha value is -6.72. The lowest BCUT2D eigenvalue weighted by molar-refractivity contribution is -0.194. The van der Waals surface area contributed by atoms with Crippen molar-refractivity contribution in [1.29, 1.82) is 0 Å². The van der Waals surface area contributed by atoms with E-state index in [0.717, 1.165) is 99.8 Å². The quantitative estimate of drug-likeness (QED) is 0.00742. The van der Waals surface area contributed by atoms with E-state index >= 15 is 0 Å². The third-order valence-corrected chi connectivity index (χ3v) is 23.8. The summed E-state index contributed by atoms with van der Waals surface area (Å²) in [7, 11) is 9.27. The highest BCUT2D eigenvalue weighted by atomic mass is 33.1. The number of aliphatic carboxylic acids is 1. The lowest BCUT2D eigenvalue weighted by atomic mass is 9.85. The van der Waals surface area contributed by atoms with Crippen LogP contribution in [0, 0.1) is 23.7 Å². The number of methoxy groups -OCH3 is 3. The van der Waals surface area contributed by atoms with E-state index in [4.69, 9.17) is 77.5 Å². The normalized spacial score (nSPS) is 15.6. The monoisotopic (exact) mass is 1830 g/mol. The number of likely N-dealkylation sites (N-methyl/N-ethyl adjacent to an activating group) is 1. The van der Waals surface area contributed by atoms with Crippen LogP contribution in [0.15, 0.2) is 29.6 Å². The molecule has 2 heterocycles. The van der Waals surface area contributed by atoms with Gasteiger partial charge in [-0.05, 0) is 126 Å². The number of nitrogens with one attached hydrogen (secondary N) is 3.